The molecule has 0 fully saturated rings. The highest BCUT2D eigenvalue weighted by Gasteiger charge is 2.26. The van der Waals surface area contributed by atoms with Gasteiger partial charge >= 0.3 is 5.97 Å². The molecule has 7 heteroatoms. The molecule has 1 N–H and O–H groups in total. The average Bonchev–Trinajstić information content (AvgIpc) is 2.61. The summed E-state index contributed by atoms with van der Waals surface area (Å²) in [4.78, 5) is 35.9. The summed E-state index contributed by atoms with van der Waals surface area (Å²) in [7, 11) is 1.31. The molecule has 0 unspecified atom stereocenters. The number of esters is 1. The quantitative estimate of drug-likeness (QED) is 0.626. The third-order valence-electron chi connectivity index (χ3n) is 3.60. The van der Waals surface area contributed by atoms with Crippen LogP contribution >= 0.6 is 23.5 Å². The lowest BCUT2D eigenvalue weighted by Crippen LogP contribution is -2.45. The van der Waals surface area contributed by atoms with E-state index in [-0.39, 0.29) is 11.0 Å². The van der Waals surface area contributed by atoms with Crippen LogP contribution in [0.25, 0.3) is 0 Å². The number of benzene rings is 1. The molecule has 0 aliphatic rings. The Balaban J connectivity index is 2.81. The number of ether oxygens (including phenoxy) is 1. The second kappa shape index (κ2) is 12.0. The Labute approximate surface area is 157 Å². The smallest absolute Gasteiger partial charge is 0.328 e. The first-order valence-corrected chi connectivity index (χ1v) is 10.4. The minimum atomic E-state index is -0.662. The van der Waals surface area contributed by atoms with Crippen LogP contribution in [0.1, 0.15) is 18.9 Å². The van der Waals surface area contributed by atoms with E-state index in [9.17, 15) is 14.4 Å². The van der Waals surface area contributed by atoms with Gasteiger partial charge in [0.1, 0.15) is 6.04 Å². The van der Waals surface area contributed by atoms with Crippen molar-refractivity contribution in [2.45, 2.75) is 25.8 Å². The molecular weight excluding hydrogens is 358 g/mol. The molecule has 25 heavy (non-hydrogen) atoms. The molecule has 1 aromatic carbocycles. The molecule has 0 saturated carbocycles. The van der Waals surface area contributed by atoms with Gasteiger partial charge in [0, 0.05) is 12.7 Å². The minimum Gasteiger partial charge on any atom is -0.467 e. The highest BCUT2D eigenvalue weighted by atomic mass is 32.2. The number of carbonyl (C=O) groups excluding carboxylic acids is 3. The van der Waals surface area contributed by atoms with Crippen molar-refractivity contribution >= 4 is 40.5 Å². The highest BCUT2D eigenvalue weighted by molar-refractivity contribution is 8.13. The van der Waals surface area contributed by atoms with Crippen LogP contribution in [-0.2, 0) is 25.5 Å². The third-order valence-corrected chi connectivity index (χ3v) is 5.22. The van der Waals surface area contributed by atoms with Gasteiger partial charge in [-0.15, -0.1) is 0 Å². The highest BCUT2D eigenvalue weighted by Crippen LogP contribution is 2.16. The molecule has 0 radical (unpaired) electrons. The summed E-state index contributed by atoms with van der Waals surface area (Å²) in [5.41, 5.74) is 1.02. The fourth-order valence-corrected chi connectivity index (χ4v) is 3.44. The van der Waals surface area contributed by atoms with E-state index in [0.717, 1.165) is 23.1 Å². The third kappa shape index (κ3) is 8.45. The lowest BCUT2D eigenvalue weighted by Gasteiger charge is -2.21. The lowest BCUT2D eigenvalue weighted by molar-refractivity contribution is -0.145. The van der Waals surface area contributed by atoms with E-state index in [1.807, 2.05) is 36.6 Å². The van der Waals surface area contributed by atoms with E-state index >= 15 is 0 Å². The van der Waals surface area contributed by atoms with E-state index < -0.39 is 17.9 Å². The maximum atomic E-state index is 12.7. The summed E-state index contributed by atoms with van der Waals surface area (Å²) in [6, 6.07) is 8.98. The molecule has 0 spiro atoms. The number of hydrogen-bond acceptors (Lipinski definition) is 6. The molecule has 1 rings (SSSR count). The van der Waals surface area contributed by atoms with Gasteiger partial charge in [-0.05, 0) is 30.4 Å². The van der Waals surface area contributed by atoms with Gasteiger partial charge in [-0.3, -0.25) is 9.59 Å². The second-order valence-electron chi connectivity index (χ2n) is 5.56. The number of carbonyl (C=O) groups is 3. The van der Waals surface area contributed by atoms with Gasteiger partial charge in [0.05, 0.1) is 13.0 Å². The number of amides is 1. The van der Waals surface area contributed by atoms with Crippen molar-refractivity contribution in [1.29, 1.82) is 0 Å². The molecule has 0 bridgehead atoms. The Bertz CT molecular complexity index is 565. The topological polar surface area (TPSA) is 72.5 Å². The SMILES string of the molecule is COC(=O)[C@@H](CCSC)NC(=O)[C@H](CSC(C)=O)Cc1ccccc1. The van der Waals surface area contributed by atoms with Crippen molar-refractivity contribution in [3.05, 3.63) is 35.9 Å². The lowest BCUT2D eigenvalue weighted by atomic mass is 9.99. The first kappa shape index (κ1) is 21.6. The van der Waals surface area contributed by atoms with Gasteiger partial charge in [0.2, 0.25) is 5.91 Å². The van der Waals surface area contributed by atoms with Crippen molar-refractivity contribution < 1.29 is 19.1 Å². The molecule has 0 aromatic heterocycles. The maximum Gasteiger partial charge on any atom is 0.328 e. The van der Waals surface area contributed by atoms with Crippen molar-refractivity contribution in [1.82, 2.24) is 5.32 Å². The molecule has 0 saturated heterocycles. The van der Waals surface area contributed by atoms with Gasteiger partial charge in [-0.1, -0.05) is 42.1 Å². The second-order valence-corrected chi connectivity index (χ2v) is 7.74. The summed E-state index contributed by atoms with van der Waals surface area (Å²) in [5, 5.41) is 2.77. The van der Waals surface area contributed by atoms with Gasteiger partial charge in [0.25, 0.3) is 0 Å². The number of thioether (sulfide) groups is 2. The first-order valence-electron chi connectivity index (χ1n) is 8.02. The molecule has 138 valence electrons. The van der Waals surface area contributed by atoms with Crippen LogP contribution in [0.2, 0.25) is 0 Å². The average molecular weight is 384 g/mol. The van der Waals surface area contributed by atoms with Crippen LogP contribution in [0.15, 0.2) is 30.3 Å². The van der Waals surface area contributed by atoms with E-state index in [1.54, 1.807) is 11.8 Å². The summed E-state index contributed by atoms with van der Waals surface area (Å²) in [6.45, 7) is 1.48. The van der Waals surface area contributed by atoms with Crippen molar-refractivity contribution in [2.75, 3.05) is 24.9 Å². The van der Waals surface area contributed by atoms with Crippen LogP contribution in [0.3, 0.4) is 0 Å². The zero-order chi connectivity index (χ0) is 18.7. The molecule has 0 aliphatic carbocycles. The van der Waals surface area contributed by atoms with Crippen LogP contribution in [0.5, 0.6) is 0 Å². The number of hydrogen-bond donors (Lipinski definition) is 1. The molecule has 1 aromatic rings. The van der Waals surface area contributed by atoms with Gasteiger partial charge in [-0.25, -0.2) is 4.79 Å². The molecule has 0 aliphatic heterocycles. The molecule has 2 atom stereocenters. The molecule has 1 amide bonds. The van der Waals surface area contributed by atoms with E-state index in [1.165, 1.54) is 14.0 Å². The fourth-order valence-electron chi connectivity index (χ4n) is 2.26. The Kier molecular flexibility index (Phi) is 10.3. The number of nitrogens with one attached hydrogen (secondary N) is 1. The Morgan fingerprint density at radius 2 is 1.88 bits per heavy atom. The van der Waals surface area contributed by atoms with Crippen molar-refractivity contribution in [3.8, 4) is 0 Å². The summed E-state index contributed by atoms with van der Waals surface area (Å²) in [5.74, 6) is 0.0601. The van der Waals surface area contributed by atoms with Crippen LogP contribution in [0, 0.1) is 5.92 Å². The standard InChI is InChI=1S/C18H25NO4S2/c1-13(20)25-12-15(11-14-7-5-4-6-8-14)17(21)19-16(9-10-24-3)18(22)23-2/h4-8,15-16H,9-12H2,1-3H3,(H,19,21)/t15-,16+/m0/s1. The molecular formula is C18H25NO4S2. The van der Waals surface area contributed by atoms with Crippen LogP contribution in [-0.4, -0.2) is 47.9 Å². The van der Waals surface area contributed by atoms with Gasteiger partial charge < -0.3 is 10.1 Å². The first-order chi connectivity index (χ1) is 12.0. The summed E-state index contributed by atoms with van der Waals surface area (Å²) < 4.78 is 4.78. The van der Waals surface area contributed by atoms with E-state index in [2.05, 4.69) is 5.32 Å². The zero-order valence-corrected chi connectivity index (χ0v) is 16.5. The number of rotatable bonds is 10. The van der Waals surface area contributed by atoms with Crippen LogP contribution < -0.4 is 5.32 Å². The normalized spacial score (nSPS) is 12.9. The summed E-state index contributed by atoms with van der Waals surface area (Å²) in [6.07, 6.45) is 2.97. The Morgan fingerprint density at radius 3 is 2.44 bits per heavy atom. The largest absolute Gasteiger partial charge is 0.467 e. The Morgan fingerprint density at radius 1 is 1.20 bits per heavy atom. The number of methoxy groups -OCH3 is 1. The Hall–Kier alpha value is -1.47. The fraction of sp³-hybridized carbons (Fsp3) is 0.500. The van der Waals surface area contributed by atoms with E-state index in [4.69, 9.17) is 4.74 Å². The minimum absolute atomic E-state index is 0.0298. The monoisotopic (exact) mass is 383 g/mol. The van der Waals surface area contributed by atoms with Gasteiger partial charge in [-0.2, -0.15) is 11.8 Å². The van der Waals surface area contributed by atoms with Gasteiger partial charge in [0.15, 0.2) is 5.12 Å². The molecule has 5 nitrogen and oxygen atoms in total. The van der Waals surface area contributed by atoms with Crippen LogP contribution in [0.4, 0.5) is 0 Å². The molecule has 0 heterocycles. The zero-order valence-electron chi connectivity index (χ0n) is 14.8. The predicted octanol–water partition coefficient (Wildman–Crippen LogP) is 2.54. The predicted molar refractivity (Wildman–Crippen MR) is 104 cm³/mol. The van der Waals surface area contributed by atoms with Crippen molar-refractivity contribution in [2.24, 2.45) is 5.92 Å². The van der Waals surface area contributed by atoms with Crippen molar-refractivity contribution in [3.63, 3.8) is 0 Å². The maximum absolute atomic E-state index is 12.7. The van der Waals surface area contributed by atoms with E-state index in [0.29, 0.717) is 18.6 Å². The summed E-state index contributed by atoms with van der Waals surface area (Å²) >= 11 is 2.73.